The summed E-state index contributed by atoms with van der Waals surface area (Å²) in [7, 11) is 0. The lowest BCUT2D eigenvalue weighted by Gasteiger charge is -2.21. The quantitative estimate of drug-likeness (QED) is 0.246. The second-order valence-corrected chi connectivity index (χ2v) is 3.71. The van der Waals surface area contributed by atoms with Crippen molar-refractivity contribution in [3.05, 3.63) is 0 Å². The highest BCUT2D eigenvalue weighted by molar-refractivity contribution is 5.73. The van der Waals surface area contributed by atoms with Crippen molar-refractivity contribution in [1.29, 1.82) is 0 Å². The number of rotatable bonds is 8. The van der Waals surface area contributed by atoms with E-state index in [2.05, 4.69) is 4.74 Å². The maximum absolute atomic E-state index is 11.2. The standard InChI is InChI=1S/C10H18O7/c1-6(9(13)14)7(10(15)16)5-8(12)17-4-2-3-11/h6-7,10-11,15-16H,2-5H2,1H3,(H,13,14). The molecule has 7 nitrogen and oxygen atoms in total. The van der Waals surface area contributed by atoms with E-state index in [1.54, 1.807) is 0 Å². The number of hydrogen-bond acceptors (Lipinski definition) is 6. The van der Waals surface area contributed by atoms with Crippen LogP contribution in [0.1, 0.15) is 19.8 Å². The highest BCUT2D eigenvalue weighted by Crippen LogP contribution is 2.20. The predicted octanol–water partition coefficient (Wildman–Crippen LogP) is -1.05. The molecule has 0 aromatic rings. The van der Waals surface area contributed by atoms with Gasteiger partial charge < -0.3 is 25.2 Å². The molecular weight excluding hydrogens is 232 g/mol. The smallest absolute Gasteiger partial charge is 0.306 e. The van der Waals surface area contributed by atoms with E-state index in [-0.39, 0.29) is 19.6 Å². The van der Waals surface area contributed by atoms with E-state index in [0.29, 0.717) is 0 Å². The topological polar surface area (TPSA) is 124 Å². The Bertz CT molecular complexity index is 251. The van der Waals surface area contributed by atoms with Gasteiger partial charge in [0.05, 0.1) is 18.9 Å². The molecule has 2 atom stereocenters. The molecule has 0 fully saturated rings. The Labute approximate surface area is 98.6 Å². The second-order valence-electron chi connectivity index (χ2n) is 3.71. The average Bonchev–Trinajstić information content (AvgIpc) is 2.24. The molecule has 0 aliphatic carbocycles. The second kappa shape index (κ2) is 7.99. The molecule has 0 saturated heterocycles. The fourth-order valence-corrected chi connectivity index (χ4v) is 1.23. The fraction of sp³-hybridized carbons (Fsp3) is 0.800. The van der Waals surface area contributed by atoms with Crippen molar-refractivity contribution < 1.29 is 34.8 Å². The molecule has 0 rings (SSSR count). The molecule has 100 valence electrons. The van der Waals surface area contributed by atoms with Gasteiger partial charge in [-0.05, 0) is 0 Å². The van der Waals surface area contributed by atoms with Gasteiger partial charge in [-0.2, -0.15) is 0 Å². The summed E-state index contributed by atoms with van der Waals surface area (Å²) in [5.41, 5.74) is 0. The minimum absolute atomic E-state index is 0.0189. The molecule has 4 N–H and O–H groups in total. The lowest BCUT2D eigenvalue weighted by Crippen LogP contribution is -2.33. The number of aliphatic hydroxyl groups excluding tert-OH is 2. The summed E-state index contributed by atoms with van der Waals surface area (Å²) in [6, 6.07) is 0. The van der Waals surface area contributed by atoms with Crippen molar-refractivity contribution in [2.75, 3.05) is 13.2 Å². The van der Waals surface area contributed by atoms with Crippen LogP contribution < -0.4 is 0 Å². The van der Waals surface area contributed by atoms with Gasteiger partial charge in [0.15, 0.2) is 6.29 Å². The van der Waals surface area contributed by atoms with Crippen LogP contribution in [0.4, 0.5) is 0 Å². The van der Waals surface area contributed by atoms with Crippen molar-refractivity contribution in [3.63, 3.8) is 0 Å². The van der Waals surface area contributed by atoms with Gasteiger partial charge in [-0.15, -0.1) is 0 Å². The summed E-state index contributed by atoms with van der Waals surface area (Å²) >= 11 is 0. The maximum Gasteiger partial charge on any atom is 0.306 e. The van der Waals surface area contributed by atoms with Crippen LogP contribution in [-0.2, 0) is 14.3 Å². The van der Waals surface area contributed by atoms with Crippen molar-refractivity contribution in [2.24, 2.45) is 11.8 Å². The molecule has 0 amide bonds. The molecule has 0 saturated carbocycles. The molecule has 0 aromatic carbocycles. The molecule has 7 heteroatoms. The molecular formula is C10H18O7. The average molecular weight is 250 g/mol. The lowest BCUT2D eigenvalue weighted by molar-refractivity contribution is -0.161. The Morgan fingerprint density at radius 2 is 1.88 bits per heavy atom. The monoisotopic (exact) mass is 250 g/mol. The molecule has 0 bridgehead atoms. The first-order valence-corrected chi connectivity index (χ1v) is 5.25. The normalized spacial score (nSPS) is 14.4. The van der Waals surface area contributed by atoms with Crippen LogP contribution in [-0.4, -0.2) is 51.9 Å². The van der Waals surface area contributed by atoms with Crippen LogP contribution in [0.25, 0.3) is 0 Å². The number of carboxylic acid groups (broad SMARTS) is 1. The van der Waals surface area contributed by atoms with Crippen LogP contribution >= 0.6 is 0 Å². The third kappa shape index (κ3) is 6.20. The molecule has 0 aliphatic heterocycles. The van der Waals surface area contributed by atoms with E-state index in [1.807, 2.05) is 0 Å². The Balaban J connectivity index is 4.25. The maximum atomic E-state index is 11.2. The van der Waals surface area contributed by atoms with E-state index >= 15 is 0 Å². The van der Waals surface area contributed by atoms with E-state index < -0.39 is 36.5 Å². The molecule has 0 aromatic heterocycles. The first-order chi connectivity index (χ1) is 7.90. The third-order valence-corrected chi connectivity index (χ3v) is 2.38. The van der Waals surface area contributed by atoms with Gasteiger partial charge in [0.2, 0.25) is 0 Å². The zero-order valence-corrected chi connectivity index (χ0v) is 9.57. The SMILES string of the molecule is CC(C(=O)O)C(CC(=O)OCCCO)C(O)O. The predicted molar refractivity (Wildman–Crippen MR) is 55.8 cm³/mol. The highest BCUT2D eigenvalue weighted by Gasteiger charge is 2.31. The van der Waals surface area contributed by atoms with E-state index in [1.165, 1.54) is 6.92 Å². The molecule has 0 radical (unpaired) electrons. The molecule has 0 heterocycles. The fourth-order valence-electron chi connectivity index (χ4n) is 1.23. The molecule has 2 unspecified atom stereocenters. The number of carboxylic acids is 1. The Hall–Kier alpha value is -1.18. The van der Waals surface area contributed by atoms with Crippen LogP contribution in [0, 0.1) is 11.8 Å². The van der Waals surface area contributed by atoms with Gasteiger partial charge in [0, 0.05) is 18.9 Å². The summed E-state index contributed by atoms with van der Waals surface area (Å²) in [6.07, 6.45) is -2.00. The molecule has 17 heavy (non-hydrogen) atoms. The zero-order chi connectivity index (χ0) is 13.4. The van der Waals surface area contributed by atoms with Gasteiger partial charge in [-0.3, -0.25) is 9.59 Å². The van der Waals surface area contributed by atoms with Crippen LogP contribution in [0.15, 0.2) is 0 Å². The van der Waals surface area contributed by atoms with Gasteiger partial charge in [-0.1, -0.05) is 6.92 Å². The van der Waals surface area contributed by atoms with Crippen molar-refractivity contribution >= 4 is 11.9 Å². The van der Waals surface area contributed by atoms with Gasteiger partial charge in [0.25, 0.3) is 0 Å². The van der Waals surface area contributed by atoms with E-state index in [9.17, 15) is 9.59 Å². The van der Waals surface area contributed by atoms with Crippen LogP contribution in [0.2, 0.25) is 0 Å². The van der Waals surface area contributed by atoms with Gasteiger partial charge in [0.1, 0.15) is 0 Å². The number of aliphatic carboxylic acids is 1. The first kappa shape index (κ1) is 15.8. The van der Waals surface area contributed by atoms with Gasteiger partial charge in [-0.25, -0.2) is 0 Å². The van der Waals surface area contributed by atoms with Crippen molar-refractivity contribution in [1.82, 2.24) is 0 Å². The number of ether oxygens (including phenoxy) is 1. The minimum atomic E-state index is -1.90. The number of aliphatic hydroxyl groups is 3. The van der Waals surface area contributed by atoms with Crippen molar-refractivity contribution in [3.8, 4) is 0 Å². The summed E-state index contributed by atoms with van der Waals surface area (Å²) < 4.78 is 4.68. The minimum Gasteiger partial charge on any atom is -0.481 e. The van der Waals surface area contributed by atoms with Gasteiger partial charge >= 0.3 is 11.9 Å². The van der Waals surface area contributed by atoms with Crippen LogP contribution in [0.5, 0.6) is 0 Å². The Morgan fingerprint density at radius 3 is 2.29 bits per heavy atom. The summed E-state index contributed by atoms with van der Waals surface area (Å²) in [5, 5.41) is 35.2. The lowest BCUT2D eigenvalue weighted by atomic mass is 9.90. The first-order valence-electron chi connectivity index (χ1n) is 5.25. The zero-order valence-electron chi connectivity index (χ0n) is 9.57. The Morgan fingerprint density at radius 1 is 1.29 bits per heavy atom. The summed E-state index contributed by atoms with van der Waals surface area (Å²) in [4.78, 5) is 21.9. The number of esters is 1. The van der Waals surface area contributed by atoms with Crippen molar-refractivity contribution in [2.45, 2.75) is 26.1 Å². The third-order valence-electron chi connectivity index (χ3n) is 2.38. The van der Waals surface area contributed by atoms with Crippen LogP contribution in [0.3, 0.4) is 0 Å². The largest absolute Gasteiger partial charge is 0.481 e. The summed E-state index contributed by atoms with van der Waals surface area (Å²) in [6.45, 7) is 1.18. The van der Waals surface area contributed by atoms with E-state index in [4.69, 9.17) is 20.4 Å². The summed E-state index contributed by atoms with van der Waals surface area (Å²) in [5.74, 6) is -4.12. The molecule has 0 aliphatic rings. The molecule has 0 spiro atoms. The van der Waals surface area contributed by atoms with E-state index in [0.717, 1.165) is 0 Å². The number of carbonyl (C=O) groups excluding carboxylic acids is 1. The number of carbonyl (C=O) groups is 2. The Kier molecular flexibility index (Phi) is 7.44. The highest BCUT2D eigenvalue weighted by atomic mass is 16.5. The number of hydrogen-bond donors (Lipinski definition) is 4.